The summed E-state index contributed by atoms with van der Waals surface area (Å²) >= 11 is 1.31. The van der Waals surface area contributed by atoms with Gasteiger partial charge in [-0.1, -0.05) is 12.8 Å². The van der Waals surface area contributed by atoms with E-state index in [1.807, 2.05) is 0 Å². The maximum absolute atomic E-state index is 13.0. The number of nitrogens with one attached hydrogen (secondary N) is 1. The Bertz CT molecular complexity index is 504. The molecule has 0 spiro atoms. The van der Waals surface area contributed by atoms with Gasteiger partial charge in [-0.05, 0) is 31.0 Å². The van der Waals surface area contributed by atoms with E-state index < -0.39 is 17.2 Å². The van der Waals surface area contributed by atoms with Crippen molar-refractivity contribution < 1.29 is 18.7 Å². The fourth-order valence-electron chi connectivity index (χ4n) is 2.56. The van der Waals surface area contributed by atoms with E-state index in [-0.39, 0.29) is 18.9 Å². The van der Waals surface area contributed by atoms with Gasteiger partial charge in [-0.25, -0.2) is 8.78 Å². The lowest BCUT2D eigenvalue weighted by Gasteiger charge is -2.27. The van der Waals surface area contributed by atoms with Gasteiger partial charge in [0.2, 0.25) is 5.91 Å². The van der Waals surface area contributed by atoms with E-state index in [0.29, 0.717) is 10.6 Å². The summed E-state index contributed by atoms with van der Waals surface area (Å²) in [5, 5.41) is 12.3. The van der Waals surface area contributed by atoms with Crippen molar-refractivity contribution in [1.29, 1.82) is 0 Å². The molecule has 0 bridgehead atoms. The second-order valence-corrected chi connectivity index (χ2v) is 6.54. The number of amides is 1. The molecule has 3 nitrogen and oxygen atoms in total. The zero-order chi connectivity index (χ0) is 15.3. The van der Waals surface area contributed by atoms with Crippen LogP contribution in [0, 0.1) is 11.6 Å². The van der Waals surface area contributed by atoms with Gasteiger partial charge in [0.05, 0.1) is 12.1 Å². The van der Waals surface area contributed by atoms with Crippen LogP contribution in [0.25, 0.3) is 0 Å². The van der Waals surface area contributed by atoms with Crippen LogP contribution >= 0.6 is 11.8 Å². The Morgan fingerprint density at radius 1 is 1.29 bits per heavy atom. The van der Waals surface area contributed by atoms with E-state index in [9.17, 15) is 18.7 Å². The molecule has 1 aromatic rings. The third-order valence-corrected chi connectivity index (χ3v) is 4.75. The van der Waals surface area contributed by atoms with Crippen LogP contribution in [-0.4, -0.2) is 28.9 Å². The van der Waals surface area contributed by atoms with Crippen molar-refractivity contribution in [2.75, 3.05) is 12.4 Å². The first-order chi connectivity index (χ1) is 10.0. The van der Waals surface area contributed by atoms with E-state index in [4.69, 9.17) is 0 Å². The van der Waals surface area contributed by atoms with Crippen LogP contribution in [0.1, 0.15) is 32.1 Å². The Morgan fingerprint density at radius 3 is 2.62 bits per heavy atom. The molecule has 1 aromatic carbocycles. The second kappa shape index (κ2) is 7.22. The Labute approximate surface area is 127 Å². The van der Waals surface area contributed by atoms with Gasteiger partial charge in [0.15, 0.2) is 11.6 Å². The van der Waals surface area contributed by atoms with E-state index in [0.717, 1.165) is 37.8 Å². The van der Waals surface area contributed by atoms with Crippen molar-refractivity contribution >= 4 is 17.7 Å². The molecule has 6 heteroatoms. The van der Waals surface area contributed by atoms with Crippen LogP contribution in [0.15, 0.2) is 23.1 Å². The molecule has 0 aliphatic heterocycles. The third kappa shape index (κ3) is 4.41. The molecule has 1 saturated carbocycles. The van der Waals surface area contributed by atoms with Crippen LogP contribution in [0.5, 0.6) is 0 Å². The number of benzene rings is 1. The molecule has 21 heavy (non-hydrogen) atoms. The topological polar surface area (TPSA) is 49.3 Å². The molecule has 0 atom stereocenters. The van der Waals surface area contributed by atoms with E-state index in [2.05, 4.69) is 5.32 Å². The minimum absolute atomic E-state index is 0.0327. The van der Waals surface area contributed by atoms with Gasteiger partial charge in [-0.2, -0.15) is 0 Å². The van der Waals surface area contributed by atoms with Crippen LogP contribution in [0.3, 0.4) is 0 Å². The average molecular weight is 315 g/mol. The molecule has 1 fully saturated rings. The molecule has 0 unspecified atom stereocenters. The van der Waals surface area contributed by atoms with Crippen molar-refractivity contribution in [2.24, 2.45) is 0 Å². The quantitative estimate of drug-likeness (QED) is 0.794. The van der Waals surface area contributed by atoms with Crippen LogP contribution < -0.4 is 5.32 Å². The lowest BCUT2D eigenvalue weighted by molar-refractivity contribution is -0.123. The second-order valence-electron chi connectivity index (χ2n) is 5.37. The third-order valence-electron chi connectivity index (χ3n) is 3.76. The first kappa shape index (κ1) is 16.2. The molecule has 2 rings (SSSR count). The minimum Gasteiger partial charge on any atom is -0.394 e. The van der Waals surface area contributed by atoms with Gasteiger partial charge < -0.3 is 10.4 Å². The molecule has 1 aliphatic carbocycles. The molecule has 1 aliphatic rings. The fourth-order valence-corrected chi connectivity index (χ4v) is 3.44. The maximum atomic E-state index is 13.0. The Balaban J connectivity index is 1.77. The zero-order valence-electron chi connectivity index (χ0n) is 11.7. The largest absolute Gasteiger partial charge is 0.394 e. The van der Waals surface area contributed by atoms with Gasteiger partial charge in [0.1, 0.15) is 0 Å². The SMILES string of the molecule is O=C(CCSc1ccc(F)c(F)c1)NC1(CO)CCCC1. The van der Waals surface area contributed by atoms with Crippen LogP contribution in [-0.2, 0) is 4.79 Å². The highest BCUT2D eigenvalue weighted by molar-refractivity contribution is 7.99. The number of hydrogen-bond acceptors (Lipinski definition) is 3. The summed E-state index contributed by atoms with van der Waals surface area (Å²) in [6.45, 7) is -0.0327. The number of thioether (sulfide) groups is 1. The van der Waals surface area contributed by atoms with Gasteiger partial charge in [0, 0.05) is 17.1 Å². The number of halogens is 2. The summed E-state index contributed by atoms with van der Waals surface area (Å²) in [7, 11) is 0. The lowest BCUT2D eigenvalue weighted by atomic mass is 9.99. The molecule has 116 valence electrons. The standard InChI is InChI=1S/C15H19F2NO2S/c16-12-4-3-11(9-13(12)17)21-8-5-14(20)18-15(10-19)6-1-2-7-15/h3-4,9,19H,1-2,5-8,10H2,(H,18,20). The fraction of sp³-hybridized carbons (Fsp3) is 0.533. The number of aliphatic hydroxyl groups is 1. The summed E-state index contributed by atoms with van der Waals surface area (Å²) in [4.78, 5) is 12.5. The summed E-state index contributed by atoms with van der Waals surface area (Å²) in [5.74, 6) is -1.38. The van der Waals surface area contributed by atoms with E-state index in [1.165, 1.54) is 17.8 Å². The van der Waals surface area contributed by atoms with Crippen LogP contribution in [0.2, 0.25) is 0 Å². The molecule has 0 heterocycles. The lowest BCUT2D eigenvalue weighted by Crippen LogP contribution is -2.49. The number of carbonyl (C=O) groups excluding carboxylic acids is 1. The number of aliphatic hydroxyl groups excluding tert-OH is 1. The maximum Gasteiger partial charge on any atom is 0.221 e. The first-order valence-corrected chi connectivity index (χ1v) is 8.03. The Hall–Kier alpha value is -1.14. The summed E-state index contributed by atoms with van der Waals surface area (Å²) in [6.07, 6.45) is 3.94. The van der Waals surface area contributed by atoms with Gasteiger partial charge in [0.25, 0.3) is 0 Å². The molecule has 2 N–H and O–H groups in total. The number of hydrogen-bond donors (Lipinski definition) is 2. The smallest absolute Gasteiger partial charge is 0.221 e. The van der Waals surface area contributed by atoms with Gasteiger partial charge in [-0.3, -0.25) is 4.79 Å². The Kier molecular flexibility index (Phi) is 5.58. The molecule has 0 radical (unpaired) electrons. The van der Waals surface area contributed by atoms with Gasteiger partial charge in [-0.15, -0.1) is 11.8 Å². The minimum atomic E-state index is -0.880. The van der Waals surface area contributed by atoms with Crippen molar-refractivity contribution in [1.82, 2.24) is 5.32 Å². The van der Waals surface area contributed by atoms with Crippen molar-refractivity contribution in [2.45, 2.75) is 42.5 Å². The summed E-state index contributed by atoms with van der Waals surface area (Å²) in [5.41, 5.74) is -0.455. The van der Waals surface area contributed by atoms with E-state index in [1.54, 1.807) is 0 Å². The highest BCUT2D eigenvalue weighted by atomic mass is 32.2. The van der Waals surface area contributed by atoms with Crippen LogP contribution in [0.4, 0.5) is 8.78 Å². The normalized spacial score (nSPS) is 16.9. The molecule has 1 amide bonds. The Morgan fingerprint density at radius 2 is 2.00 bits per heavy atom. The molecule has 0 aromatic heterocycles. The zero-order valence-corrected chi connectivity index (χ0v) is 12.5. The molecule has 0 saturated heterocycles. The summed E-state index contributed by atoms with van der Waals surface area (Å²) < 4.78 is 25.8. The van der Waals surface area contributed by atoms with Gasteiger partial charge >= 0.3 is 0 Å². The average Bonchev–Trinajstić information content (AvgIpc) is 2.92. The van der Waals surface area contributed by atoms with Crippen molar-refractivity contribution in [3.05, 3.63) is 29.8 Å². The van der Waals surface area contributed by atoms with Crippen molar-refractivity contribution in [3.8, 4) is 0 Å². The highest BCUT2D eigenvalue weighted by Crippen LogP contribution is 2.29. The van der Waals surface area contributed by atoms with E-state index >= 15 is 0 Å². The predicted molar refractivity (Wildman–Crippen MR) is 78.1 cm³/mol. The number of carbonyl (C=O) groups is 1. The molecular weight excluding hydrogens is 296 g/mol. The summed E-state index contributed by atoms with van der Waals surface area (Å²) in [6, 6.07) is 3.70. The number of rotatable bonds is 6. The highest BCUT2D eigenvalue weighted by Gasteiger charge is 2.34. The predicted octanol–water partition coefficient (Wildman–Crippen LogP) is 2.87. The van der Waals surface area contributed by atoms with Crippen molar-refractivity contribution in [3.63, 3.8) is 0 Å². The molecular formula is C15H19F2NO2S. The first-order valence-electron chi connectivity index (χ1n) is 7.04. The monoisotopic (exact) mass is 315 g/mol.